The molecule has 6 nitrogen and oxygen atoms in total. The molecule has 0 spiro atoms. The Hall–Kier alpha value is -2.21. The molecule has 2 atom stereocenters. The van der Waals surface area contributed by atoms with Crippen molar-refractivity contribution in [3.8, 4) is 0 Å². The number of Topliss-reactive ketones (excluding diaryl/α,β-unsaturated/α-hetero) is 1. The molecule has 3 fully saturated rings. The van der Waals surface area contributed by atoms with E-state index < -0.39 is 0 Å². The van der Waals surface area contributed by atoms with Gasteiger partial charge in [-0.05, 0) is 87.2 Å². The van der Waals surface area contributed by atoms with Gasteiger partial charge in [-0.15, -0.1) is 0 Å². The molecular weight excluding hydrogens is 402 g/mol. The van der Waals surface area contributed by atoms with Crippen LogP contribution in [0, 0.1) is 16.7 Å². The highest BCUT2D eigenvalue weighted by molar-refractivity contribution is 5.96. The van der Waals surface area contributed by atoms with Gasteiger partial charge in [-0.1, -0.05) is 20.8 Å². The summed E-state index contributed by atoms with van der Waals surface area (Å²) in [5.74, 6) is 0.429. The fraction of sp³-hybridized carbons (Fsp3) is 0.654. The molecule has 2 bridgehead atoms. The second-order valence-corrected chi connectivity index (χ2v) is 11.4. The van der Waals surface area contributed by atoms with Crippen LogP contribution in [0.5, 0.6) is 0 Å². The van der Waals surface area contributed by atoms with Crippen molar-refractivity contribution in [2.45, 2.75) is 65.8 Å². The molecular formula is C26H37N3O3. The van der Waals surface area contributed by atoms with Crippen molar-refractivity contribution >= 4 is 23.3 Å². The molecule has 1 aromatic carbocycles. The second kappa shape index (κ2) is 8.62. The number of hydrogen-bond donors (Lipinski definition) is 1. The van der Waals surface area contributed by atoms with Crippen LogP contribution in [0.25, 0.3) is 0 Å². The first-order valence-corrected chi connectivity index (χ1v) is 12.0. The highest BCUT2D eigenvalue weighted by Crippen LogP contribution is 2.52. The minimum absolute atomic E-state index is 0.0613. The van der Waals surface area contributed by atoms with E-state index in [4.69, 9.17) is 0 Å². The van der Waals surface area contributed by atoms with E-state index in [2.05, 4.69) is 35.9 Å². The molecule has 2 heterocycles. The van der Waals surface area contributed by atoms with Crippen LogP contribution in [0.15, 0.2) is 24.3 Å². The van der Waals surface area contributed by atoms with E-state index in [0.717, 1.165) is 51.7 Å². The predicted molar refractivity (Wildman–Crippen MR) is 125 cm³/mol. The maximum Gasteiger partial charge on any atom is 0.254 e. The van der Waals surface area contributed by atoms with Gasteiger partial charge in [0.25, 0.3) is 5.91 Å². The Morgan fingerprint density at radius 2 is 1.69 bits per heavy atom. The summed E-state index contributed by atoms with van der Waals surface area (Å²) in [5.41, 5.74) is 1.89. The van der Waals surface area contributed by atoms with E-state index in [1.165, 1.54) is 0 Å². The van der Waals surface area contributed by atoms with E-state index in [-0.39, 0.29) is 34.3 Å². The molecule has 0 aromatic heterocycles. The third-order valence-corrected chi connectivity index (χ3v) is 7.62. The predicted octanol–water partition coefficient (Wildman–Crippen LogP) is 3.97. The number of likely N-dealkylation sites (tertiary alicyclic amines) is 2. The zero-order valence-corrected chi connectivity index (χ0v) is 19.9. The van der Waals surface area contributed by atoms with Crippen LogP contribution in [-0.2, 0) is 9.59 Å². The fourth-order valence-electron chi connectivity index (χ4n) is 6.46. The van der Waals surface area contributed by atoms with Crippen LogP contribution in [0.2, 0.25) is 0 Å². The average Bonchev–Trinajstić information content (AvgIpc) is 2.97. The van der Waals surface area contributed by atoms with Crippen molar-refractivity contribution in [1.29, 1.82) is 0 Å². The number of anilines is 1. The maximum atomic E-state index is 13.2. The number of benzene rings is 1. The van der Waals surface area contributed by atoms with Crippen LogP contribution in [0.3, 0.4) is 0 Å². The quantitative estimate of drug-likeness (QED) is 0.754. The smallest absolute Gasteiger partial charge is 0.254 e. The molecule has 1 saturated carbocycles. The summed E-state index contributed by atoms with van der Waals surface area (Å²) in [4.78, 5) is 41.3. The number of ketones is 1. The molecule has 2 aliphatic heterocycles. The molecule has 2 saturated heterocycles. The lowest BCUT2D eigenvalue weighted by molar-refractivity contribution is -0.122. The van der Waals surface area contributed by atoms with Crippen LogP contribution >= 0.6 is 0 Å². The monoisotopic (exact) mass is 439 g/mol. The third-order valence-electron chi connectivity index (χ3n) is 7.62. The van der Waals surface area contributed by atoms with Crippen molar-refractivity contribution in [2.75, 3.05) is 31.5 Å². The first kappa shape index (κ1) is 23.0. The summed E-state index contributed by atoms with van der Waals surface area (Å²) in [7, 11) is 0. The number of nitrogens with one attached hydrogen (secondary N) is 1. The lowest BCUT2D eigenvalue weighted by Crippen LogP contribution is -2.40. The molecule has 174 valence electrons. The van der Waals surface area contributed by atoms with Gasteiger partial charge < -0.3 is 10.2 Å². The van der Waals surface area contributed by atoms with E-state index >= 15 is 0 Å². The summed E-state index contributed by atoms with van der Waals surface area (Å²) >= 11 is 0. The van der Waals surface area contributed by atoms with Gasteiger partial charge in [-0.2, -0.15) is 0 Å². The standard InChI is InChI=1S/C26H37N3O3/c1-18(30)19-9-11-28(12-10-19)15-23(31)27-21-7-5-20(6-8-21)24(32)29-17-26(4)14-22(29)13-25(2,3)16-26/h5-8,19,22H,9-17H2,1-4H3,(H,27,31)/t22?,26-/m0/s1. The molecule has 0 radical (unpaired) electrons. The largest absolute Gasteiger partial charge is 0.335 e. The molecule has 1 N–H and O–H groups in total. The summed E-state index contributed by atoms with van der Waals surface area (Å²) in [6.07, 6.45) is 4.98. The lowest BCUT2D eigenvalue weighted by atomic mass is 9.65. The SMILES string of the molecule is CC(=O)C1CCN(CC(=O)Nc2ccc(C(=O)N3C[C@@]4(C)CC3CC(C)(C)C4)cc2)CC1. The van der Waals surface area contributed by atoms with Crippen molar-refractivity contribution < 1.29 is 14.4 Å². The Kier molecular flexibility index (Phi) is 6.19. The van der Waals surface area contributed by atoms with E-state index in [9.17, 15) is 14.4 Å². The van der Waals surface area contributed by atoms with Gasteiger partial charge in [0.1, 0.15) is 5.78 Å². The van der Waals surface area contributed by atoms with Crippen molar-refractivity contribution in [1.82, 2.24) is 9.80 Å². The first-order chi connectivity index (χ1) is 15.0. The highest BCUT2D eigenvalue weighted by Gasteiger charge is 2.51. The Morgan fingerprint density at radius 3 is 2.31 bits per heavy atom. The highest BCUT2D eigenvalue weighted by atomic mass is 16.2. The topological polar surface area (TPSA) is 69.7 Å². The molecule has 1 unspecified atom stereocenters. The van der Waals surface area contributed by atoms with Gasteiger partial charge in [0.05, 0.1) is 6.54 Å². The Bertz CT molecular complexity index is 886. The minimum atomic E-state index is -0.0613. The normalized spacial score (nSPS) is 27.9. The number of carbonyl (C=O) groups is 3. The zero-order chi connectivity index (χ0) is 23.1. The summed E-state index contributed by atoms with van der Waals surface area (Å²) in [6, 6.07) is 7.61. The number of carbonyl (C=O) groups excluding carboxylic acids is 3. The molecule has 3 aliphatic rings. The van der Waals surface area contributed by atoms with Crippen molar-refractivity contribution in [3.05, 3.63) is 29.8 Å². The van der Waals surface area contributed by atoms with Gasteiger partial charge in [0, 0.05) is 29.8 Å². The molecule has 1 aromatic rings. The fourth-order valence-corrected chi connectivity index (χ4v) is 6.46. The van der Waals surface area contributed by atoms with Gasteiger partial charge in [-0.25, -0.2) is 0 Å². The average molecular weight is 440 g/mol. The van der Waals surface area contributed by atoms with Gasteiger partial charge >= 0.3 is 0 Å². The number of rotatable bonds is 5. The van der Waals surface area contributed by atoms with Crippen LogP contribution in [-0.4, -0.2) is 59.6 Å². The number of hydrogen-bond acceptors (Lipinski definition) is 4. The van der Waals surface area contributed by atoms with Crippen LogP contribution in [0.1, 0.15) is 70.2 Å². The molecule has 6 heteroatoms. The lowest BCUT2D eigenvalue weighted by Gasteiger charge is -2.39. The third kappa shape index (κ3) is 5.06. The number of nitrogens with zero attached hydrogens (tertiary/aromatic N) is 2. The number of fused-ring (bicyclic) bond motifs is 2. The van der Waals surface area contributed by atoms with Crippen molar-refractivity contribution in [2.24, 2.45) is 16.7 Å². The van der Waals surface area contributed by atoms with Gasteiger partial charge in [-0.3, -0.25) is 19.3 Å². The Labute approximate surface area is 191 Å². The van der Waals surface area contributed by atoms with E-state index in [1.54, 1.807) is 6.92 Å². The van der Waals surface area contributed by atoms with E-state index in [1.807, 2.05) is 24.3 Å². The van der Waals surface area contributed by atoms with Gasteiger partial charge in [0.2, 0.25) is 5.91 Å². The summed E-state index contributed by atoms with van der Waals surface area (Å²) < 4.78 is 0. The zero-order valence-electron chi connectivity index (χ0n) is 19.9. The summed E-state index contributed by atoms with van der Waals surface area (Å²) in [5, 5.41) is 2.94. The molecule has 1 aliphatic carbocycles. The molecule has 2 amide bonds. The molecule has 4 rings (SSSR count). The maximum absolute atomic E-state index is 13.2. The first-order valence-electron chi connectivity index (χ1n) is 12.0. The number of amides is 2. The van der Waals surface area contributed by atoms with Crippen molar-refractivity contribution in [3.63, 3.8) is 0 Å². The van der Waals surface area contributed by atoms with E-state index in [0.29, 0.717) is 23.8 Å². The van der Waals surface area contributed by atoms with Crippen LogP contribution in [0.4, 0.5) is 5.69 Å². The minimum Gasteiger partial charge on any atom is -0.335 e. The Balaban J connectivity index is 1.31. The van der Waals surface area contributed by atoms with Crippen LogP contribution < -0.4 is 5.32 Å². The Morgan fingerprint density at radius 1 is 1.03 bits per heavy atom. The summed E-state index contributed by atoms with van der Waals surface area (Å²) in [6.45, 7) is 11.3. The second-order valence-electron chi connectivity index (χ2n) is 11.4. The van der Waals surface area contributed by atoms with Gasteiger partial charge in [0.15, 0.2) is 0 Å². The number of piperidine rings is 1. The molecule has 32 heavy (non-hydrogen) atoms.